The molecule has 0 spiro atoms. The number of methoxy groups -OCH3 is 1. The molecule has 1 aliphatic heterocycles. The van der Waals surface area contributed by atoms with Crippen LogP contribution in [0, 0.1) is 17.7 Å². The van der Waals surface area contributed by atoms with Crippen molar-refractivity contribution in [3.05, 3.63) is 35.8 Å². The molecule has 9 heteroatoms. The van der Waals surface area contributed by atoms with Gasteiger partial charge in [0.25, 0.3) is 0 Å². The number of carbonyl (C=O) groups excluding carboxylic acids is 1. The number of benzene rings is 1. The summed E-state index contributed by atoms with van der Waals surface area (Å²) in [6.07, 6.45) is 0.781. The lowest BCUT2D eigenvalue weighted by atomic mass is 9.79. The Labute approximate surface area is 198 Å². The van der Waals surface area contributed by atoms with E-state index in [1.54, 1.807) is 43.9 Å². The number of nitrogens with zero attached hydrogens (tertiary/aromatic N) is 2. The molecule has 3 atom stereocenters. The van der Waals surface area contributed by atoms with E-state index >= 15 is 0 Å². The second kappa shape index (κ2) is 10.5. The number of amides is 1. The number of hydrogen-bond donors (Lipinski definition) is 2. The average Bonchev–Trinajstić information content (AvgIpc) is 2.75. The summed E-state index contributed by atoms with van der Waals surface area (Å²) in [5.74, 6) is -1.33. The van der Waals surface area contributed by atoms with Crippen LogP contribution in [0.5, 0.6) is 5.75 Å². The highest BCUT2D eigenvalue weighted by Crippen LogP contribution is 2.36. The van der Waals surface area contributed by atoms with Gasteiger partial charge in [0.05, 0.1) is 31.3 Å². The lowest BCUT2D eigenvalue weighted by Crippen LogP contribution is -2.46. The van der Waals surface area contributed by atoms with E-state index in [1.165, 1.54) is 7.11 Å². The number of carbonyl (C=O) groups is 2. The number of hydrogen-bond acceptors (Lipinski definition) is 6. The smallest absolute Gasteiger partial charge is 0.410 e. The number of fused-ring (bicyclic) bond motifs is 1. The monoisotopic (exact) mass is 476 g/mol. The molecule has 1 aromatic carbocycles. The number of carboxylic acid groups (broad SMARTS) is 1. The van der Waals surface area contributed by atoms with Gasteiger partial charge in [-0.1, -0.05) is 0 Å². The number of carboxylic acids is 1. The van der Waals surface area contributed by atoms with Crippen LogP contribution in [0.3, 0.4) is 0 Å². The molecule has 1 fully saturated rings. The predicted molar refractivity (Wildman–Crippen MR) is 124 cm³/mol. The van der Waals surface area contributed by atoms with Crippen molar-refractivity contribution >= 4 is 23.0 Å². The molecule has 1 aromatic heterocycles. The molecule has 34 heavy (non-hydrogen) atoms. The van der Waals surface area contributed by atoms with Gasteiger partial charge in [-0.3, -0.25) is 9.78 Å². The number of piperidine rings is 1. The number of aliphatic hydroxyl groups is 1. The number of ether oxygens (including phenoxy) is 2. The number of likely N-dealkylation sites (tertiary alicyclic amines) is 1. The van der Waals surface area contributed by atoms with Gasteiger partial charge in [-0.25, -0.2) is 9.18 Å². The van der Waals surface area contributed by atoms with Gasteiger partial charge in [-0.05, 0) is 70.1 Å². The maximum absolute atomic E-state index is 14.7. The van der Waals surface area contributed by atoms with Crippen LogP contribution in [0.25, 0.3) is 10.9 Å². The molecule has 1 amide bonds. The molecule has 0 bridgehead atoms. The molecule has 0 radical (unpaired) electrons. The lowest BCUT2D eigenvalue weighted by Gasteiger charge is -2.39. The molecular formula is C25H33FN2O6. The number of aliphatic carboxylic acids is 1. The van der Waals surface area contributed by atoms with Crippen molar-refractivity contribution in [1.29, 1.82) is 0 Å². The highest BCUT2D eigenvalue weighted by Gasteiger charge is 2.35. The van der Waals surface area contributed by atoms with E-state index in [0.29, 0.717) is 36.0 Å². The predicted octanol–water partition coefficient (Wildman–Crippen LogP) is 4.54. The molecule has 1 saturated heterocycles. The first-order valence-electron chi connectivity index (χ1n) is 11.5. The third-order valence-corrected chi connectivity index (χ3v) is 6.19. The third-order valence-electron chi connectivity index (χ3n) is 6.19. The van der Waals surface area contributed by atoms with Crippen LogP contribution in [0.1, 0.15) is 58.1 Å². The standard InChI is InChI=1S/C25H33FN2O6/c1-25(2,3)34-24(32)28-10-9-15(16(14-28)11-22(30)31)5-8-21(29)23-18-12-17(33-4)6-7-20(18)27-13-19(23)26/h6-7,12-13,15-16,21,29H,5,8-11,14H2,1-4H3,(H,30,31)/t15-,16-,21+/m1/s1. The topological polar surface area (TPSA) is 109 Å². The molecule has 2 heterocycles. The number of rotatable bonds is 7. The first kappa shape index (κ1) is 25.7. The molecule has 186 valence electrons. The Kier molecular flexibility index (Phi) is 7.97. The summed E-state index contributed by atoms with van der Waals surface area (Å²) in [5, 5.41) is 20.8. The highest BCUT2D eigenvalue weighted by atomic mass is 19.1. The van der Waals surface area contributed by atoms with Crippen LogP contribution >= 0.6 is 0 Å². The van der Waals surface area contributed by atoms with E-state index in [4.69, 9.17) is 9.47 Å². The van der Waals surface area contributed by atoms with E-state index in [0.717, 1.165) is 6.20 Å². The maximum Gasteiger partial charge on any atom is 0.410 e. The van der Waals surface area contributed by atoms with Gasteiger partial charge >= 0.3 is 12.1 Å². The molecule has 2 N–H and O–H groups in total. The zero-order valence-corrected chi connectivity index (χ0v) is 20.1. The zero-order chi connectivity index (χ0) is 25.0. The summed E-state index contributed by atoms with van der Waals surface area (Å²) in [7, 11) is 1.51. The number of aromatic nitrogens is 1. The Morgan fingerprint density at radius 1 is 1.29 bits per heavy atom. The second-order valence-corrected chi connectivity index (χ2v) is 9.83. The minimum absolute atomic E-state index is 0.0323. The summed E-state index contributed by atoms with van der Waals surface area (Å²) in [5.41, 5.74) is 0.0657. The summed E-state index contributed by atoms with van der Waals surface area (Å²) in [6.45, 7) is 6.06. The van der Waals surface area contributed by atoms with Crippen molar-refractivity contribution in [3.63, 3.8) is 0 Å². The van der Waals surface area contributed by atoms with Crippen molar-refractivity contribution in [2.75, 3.05) is 20.2 Å². The van der Waals surface area contributed by atoms with Gasteiger partial charge in [0.15, 0.2) is 0 Å². The van der Waals surface area contributed by atoms with Gasteiger partial charge in [-0.2, -0.15) is 0 Å². The van der Waals surface area contributed by atoms with Crippen LogP contribution in [0.2, 0.25) is 0 Å². The van der Waals surface area contributed by atoms with Gasteiger partial charge in [-0.15, -0.1) is 0 Å². The Bertz CT molecular complexity index is 1040. The van der Waals surface area contributed by atoms with E-state index in [2.05, 4.69) is 4.98 Å². The summed E-state index contributed by atoms with van der Waals surface area (Å²) < 4.78 is 25.4. The second-order valence-electron chi connectivity index (χ2n) is 9.83. The molecule has 3 rings (SSSR count). The molecule has 0 aliphatic carbocycles. The van der Waals surface area contributed by atoms with E-state index in [9.17, 15) is 24.2 Å². The minimum atomic E-state index is -1.09. The van der Waals surface area contributed by atoms with Gasteiger partial charge in [0.1, 0.15) is 17.2 Å². The molecule has 8 nitrogen and oxygen atoms in total. The summed E-state index contributed by atoms with van der Waals surface area (Å²) in [6, 6.07) is 5.08. The fourth-order valence-electron chi connectivity index (χ4n) is 4.56. The summed E-state index contributed by atoms with van der Waals surface area (Å²) >= 11 is 0. The van der Waals surface area contributed by atoms with Gasteiger partial charge < -0.3 is 24.6 Å². The summed E-state index contributed by atoms with van der Waals surface area (Å²) in [4.78, 5) is 29.6. The lowest BCUT2D eigenvalue weighted by molar-refractivity contribution is -0.139. The van der Waals surface area contributed by atoms with Crippen molar-refractivity contribution in [1.82, 2.24) is 9.88 Å². The zero-order valence-electron chi connectivity index (χ0n) is 20.1. The number of pyridine rings is 1. The van der Waals surface area contributed by atoms with Gasteiger partial charge in [0, 0.05) is 24.0 Å². The van der Waals surface area contributed by atoms with Gasteiger partial charge in [0.2, 0.25) is 0 Å². The van der Waals surface area contributed by atoms with E-state index < -0.39 is 29.6 Å². The Balaban J connectivity index is 1.73. The molecule has 0 unspecified atom stereocenters. The molecule has 1 aliphatic rings. The first-order chi connectivity index (χ1) is 16.0. The average molecular weight is 477 g/mol. The fourth-order valence-corrected chi connectivity index (χ4v) is 4.56. The minimum Gasteiger partial charge on any atom is -0.497 e. The molecular weight excluding hydrogens is 443 g/mol. The first-order valence-corrected chi connectivity index (χ1v) is 11.5. The normalized spacial score (nSPS) is 19.6. The van der Waals surface area contributed by atoms with Crippen LogP contribution in [-0.4, -0.2) is 58.0 Å². The quantitative estimate of drug-likeness (QED) is 0.604. The van der Waals surface area contributed by atoms with Crippen LogP contribution in [-0.2, 0) is 9.53 Å². The number of aliphatic hydroxyl groups excluding tert-OH is 1. The SMILES string of the molecule is COc1ccc2ncc(F)c([C@@H](O)CC[C@@H]3CCN(C(=O)OC(C)(C)C)C[C@H]3CC(=O)O)c2c1. The van der Waals surface area contributed by atoms with Crippen LogP contribution < -0.4 is 4.74 Å². The van der Waals surface area contributed by atoms with Crippen molar-refractivity contribution in [2.24, 2.45) is 11.8 Å². The van der Waals surface area contributed by atoms with Crippen molar-refractivity contribution in [2.45, 2.75) is 58.2 Å². The Morgan fingerprint density at radius 2 is 2.03 bits per heavy atom. The highest BCUT2D eigenvalue weighted by molar-refractivity contribution is 5.84. The number of halogens is 1. The Hall–Kier alpha value is -2.94. The molecule has 0 saturated carbocycles. The third kappa shape index (κ3) is 6.34. The largest absolute Gasteiger partial charge is 0.497 e. The molecule has 2 aromatic rings. The Morgan fingerprint density at radius 3 is 2.68 bits per heavy atom. The van der Waals surface area contributed by atoms with Crippen LogP contribution in [0.15, 0.2) is 24.4 Å². The maximum atomic E-state index is 14.7. The van der Waals surface area contributed by atoms with Crippen LogP contribution in [0.4, 0.5) is 9.18 Å². The fraction of sp³-hybridized carbons (Fsp3) is 0.560. The van der Waals surface area contributed by atoms with Crippen molar-refractivity contribution in [3.8, 4) is 5.75 Å². The van der Waals surface area contributed by atoms with E-state index in [-0.39, 0.29) is 36.8 Å². The van der Waals surface area contributed by atoms with E-state index in [1.807, 2.05) is 0 Å². The van der Waals surface area contributed by atoms with Crippen molar-refractivity contribution < 1.29 is 33.7 Å².